The Kier molecular flexibility index (Phi) is 9.68. The minimum absolute atomic E-state index is 0.194. The van der Waals surface area contributed by atoms with Gasteiger partial charge >= 0.3 is 0 Å². The van der Waals surface area contributed by atoms with Gasteiger partial charge in [-0.3, -0.25) is 16.3 Å². The highest BCUT2D eigenvalue weighted by atomic mass is 15.2. The van der Waals surface area contributed by atoms with Crippen LogP contribution in [0.2, 0.25) is 0 Å². The number of hydrogen-bond donors (Lipinski definition) is 4. The van der Waals surface area contributed by atoms with E-state index in [4.69, 9.17) is 17.3 Å². The van der Waals surface area contributed by atoms with Crippen LogP contribution < -0.4 is 22.7 Å². The van der Waals surface area contributed by atoms with Crippen LogP contribution in [-0.2, 0) is 0 Å². The van der Waals surface area contributed by atoms with Crippen molar-refractivity contribution >= 4 is 5.96 Å². The molecule has 0 saturated heterocycles. The Morgan fingerprint density at radius 1 is 0.929 bits per heavy atom. The summed E-state index contributed by atoms with van der Waals surface area (Å²) in [6.45, 7) is 1.67. The largest absolute Gasteiger partial charge is 0.370 e. The fourth-order valence-corrected chi connectivity index (χ4v) is 1.25. The van der Waals surface area contributed by atoms with Gasteiger partial charge in [-0.1, -0.05) is 25.7 Å². The summed E-state index contributed by atoms with van der Waals surface area (Å²) in [7, 11) is 0. The summed E-state index contributed by atoms with van der Waals surface area (Å²) in [5.41, 5.74) is 13.0. The van der Waals surface area contributed by atoms with E-state index in [2.05, 4.69) is 10.4 Å². The summed E-state index contributed by atoms with van der Waals surface area (Å²) in [5, 5.41) is 0. The van der Waals surface area contributed by atoms with Crippen molar-refractivity contribution in [2.75, 3.05) is 13.1 Å². The van der Waals surface area contributed by atoms with Gasteiger partial charge in [-0.25, -0.2) is 0 Å². The molecule has 7 N–H and O–H groups in total. The minimum atomic E-state index is 0.194. The first-order valence-corrected chi connectivity index (χ1v) is 5.26. The lowest BCUT2D eigenvalue weighted by molar-refractivity contribution is 0.575. The molecule has 0 bridgehead atoms. The predicted octanol–water partition coefficient (Wildman–Crippen LogP) is 0.0637. The Morgan fingerprint density at radius 3 is 2.07 bits per heavy atom. The van der Waals surface area contributed by atoms with Crippen LogP contribution in [0.1, 0.15) is 38.5 Å². The molecule has 0 aromatic heterocycles. The van der Waals surface area contributed by atoms with Crippen LogP contribution in [-0.4, -0.2) is 19.0 Å². The SMILES string of the molecule is NNCCCCCCCCN=C(N)N. The van der Waals surface area contributed by atoms with Gasteiger partial charge in [-0.05, 0) is 12.8 Å². The lowest BCUT2D eigenvalue weighted by atomic mass is 10.1. The zero-order valence-corrected chi connectivity index (χ0v) is 8.84. The highest BCUT2D eigenvalue weighted by Crippen LogP contribution is 2.04. The third-order valence-corrected chi connectivity index (χ3v) is 2.02. The summed E-state index contributed by atoms with van der Waals surface area (Å²) < 4.78 is 0. The lowest BCUT2D eigenvalue weighted by Crippen LogP contribution is -2.22. The number of nitrogens with zero attached hydrogens (tertiary/aromatic N) is 1. The zero-order chi connectivity index (χ0) is 10.6. The molecule has 0 atom stereocenters. The third-order valence-electron chi connectivity index (χ3n) is 2.02. The van der Waals surface area contributed by atoms with Crippen molar-refractivity contribution in [3.8, 4) is 0 Å². The molecule has 5 nitrogen and oxygen atoms in total. The normalized spacial score (nSPS) is 10.1. The topological polar surface area (TPSA) is 102 Å². The average molecular weight is 201 g/mol. The van der Waals surface area contributed by atoms with Crippen molar-refractivity contribution in [1.29, 1.82) is 0 Å². The molecule has 0 aromatic carbocycles. The van der Waals surface area contributed by atoms with Gasteiger partial charge in [0.05, 0.1) is 0 Å². The number of hydrogen-bond acceptors (Lipinski definition) is 3. The molecule has 0 unspecified atom stereocenters. The molecule has 0 aliphatic carbocycles. The van der Waals surface area contributed by atoms with Gasteiger partial charge in [0.2, 0.25) is 0 Å². The molecule has 0 radical (unpaired) electrons. The van der Waals surface area contributed by atoms with Crippen LogP contribution in [0.25, 0.3) is 0 Å². The van der Waals surface area contributed by atoms with Gasteiger partial charge in [0.15, 0.2) is 5.96 Å². The molecule has 14 heavy (non-hydrogen) atoms. The van der Waals surface area contributed by atoms with Gasteiger partial charge in [0.1, 0.15) is 0 Å². The van der Waals surface area contributed by atoms with E-state index >= 15 is 0 Å². The van der Waals surface area contributed by atoms with E-state index in [9.17, 15) is 0 Å². The van der Waals surface area contributed by atoms with Crippen molar-refractivity contribution in [2.45, 2.75) is 38.5 Å². The van der Waals surface area contributed by atoms with Gasteiger partial charge in [0, 0.05) is 13.1 Å². The van der Waals surface area contributed by atoms with Crippen molar-refractivity contribution in [2.24, 2.45) is 22.3 Å². The number of rotatable bonds is 9. The highest BCUT2D eigenvalue weighted by Gasteiger charge is 1.90. The third kappa shape index (κ3) is 11.2. The molecular weight excluding hydrogens is 178 g/mol. The highest BCUT2D eigenvalue weighted by molar-refractivity contribution is 5.75. The van der Waals surface area contributed by atoms with Crippen LogP contribution in [0.15, 0.2) is 4.99 Å². The van der Waals surface area contributed by atoms with E-state index in [-0.39, 0.29) is 5.96 Å². The summed E-state index contributed by atoms with van der Waals surface area (Å²) >= 11 is 0. The van der Waals surface area contributed by atoms with E-state index < -0.39 is 0 Å². The quantitative estimate of drug-likeness (QED) is 0.139. The minimum Gasteiger partial charge on any atom is -0.370 e. The average Bonchev–Trinajstić information content (AvgIpc) is 2.15. The maximum atomic E-state index is 5.20. The van der Waals surface area contributed by atoms with Crippen LogP contribution in [0.5, 0.6) is 0 Å². The Labute approximate surface area is 86.1 Å². The van der Waals surface area contributed by atoms with Crippen LogP contribution in [0.3, 0.4) is 0 Å². The van der Waals surface area contributed by atoms with Crippen molar-refractivity contribution in [3.05, 3.63) is 0 Å². The van der Waals surface area contributed by atoms with Crippen molar-refractivity contribution in [1.82, 2.24) is 5.43 Å². The fraction of sp³-hybridized carbons (Fsp3) is 0.889. The molecule has 84 valence electrons. The molecule has 0 saturated carbocycles. The van der Waals surface area contributed by atoms with E-state index in [1.807, 2.05) is 0 Å². The molecule has 0 heterocycles. The monoisotopic (exact) mass is 201 g/mol. The van der Waals surface area contributed by atoms with Crippen LogP contribution in [0, 0.1) is 0 Å². The van der Waals surface area contributed by atoms with E-state index in [0.29, 0.717) is 0 Å². The van der Waals surface area contributed by atoms with E-state index in [1.165, 1.54) is 25.7 Å². The van der Waals surface area contributed by atoms with E-state index in [1.54, 1.807) is 0 Å². The first-order chi connectivity index (χ1) is 6.77. The number of unbranched alkanes of at least 4 members (excludes halogenated alkanes) is 5. The van der Waals surface area contributed by atoms with Gasteiger partial charge in [0.25, 0.3) is 0 Å². The first-order valence-electron chi connectivity index (χ1n) is 5.26. The van der Waals surface area contributed by atoms with Gasteiger partial charge in [-0.15, -0.1) is 0 Å². The maximum Gasteiger partial charge on any atom is 0.185 e. The van der Waals surface area contributed by atoms with Gasteiger partial charge < -0.3 is 11.5 Å². The van der Waals surface area contributed by atoms with Crippen LogP contribution >= 0.6 is 0 Å². The second kappa shape index (κ2) is 10.3. The molecule has 0 rings (SSSR count). The number of aliphatic imine (C=N–C) groups is 1. The predicted molar refractivity (Wildman–Crippen MR) is 60.6 cm³/mol. The molecule has 5 heteroatoms. The molecule has 0 aliphatic rings. The Morgan fingerprint density at radius 2 is 1.50 bits per heavy atom. The standard InChI is InChI=1S/C9H23N5/c10-9(11)13-7-5-3-1-2-4-6-8-14-12/h14H,1-8,12H2,(H4,10,11,13). The fourth-order valence-electron chi connectivity index (χ4n) is 1.25. The summed E-state index contributed by atoms with van der Waals surface area (Å²) in [6.07, 6.45) is 7.20. The lowest BCUT2D eigenvalue weighted by Gasteiger charge is -2.00. The number of hydrazine groups is 1. The number of nitrogens with two attached hydrogens (primary N) is 3. The summed E-state index contributed by atoms with van der Waals surface area (Å²) in [4.78, 5) is 3.92. The number of nitrogens with one attached hydrogen (secondary N) is 1. The molecule has 0 amide bonds. The maximum absolute atomic E-state index is 5.20. The second-order valence-corrected chi connectivity index (χ2v) is 3.38. The first kappa shape index (κ1) is 13.2. The summed E-state index contributed by atoms with van der Waals surface area (Å²) in [6, 6.07) is 0. The van der Waals surface area contributed by atoms with E-state index in [0.717, 1.165) is 25.9 Å². The van der Waals surface area contributed by atoms with Crippen molar-refractivity contribution < 1.29 is 0 Å². The van der Waals surface area contributed by atoms with Crippen molar-refractivity contribution in [3.63, 3.8) is 0 Å². The molecule has 0 spiro atoms. The molecule has 0 aliphatic heterocycles. The summed E-state index contributed by atoms with van der Waals surface area (Å²) in [5.74, 6) is 5.34. The molecule has 0 fully saturated rings. The zero-order valence-electron chi connectivity index (χ0n) is 8.84. The van der Waals surface area contributed by atoms with Crippen LogP contribution in [0.4, 0.5) is 0 Å². The Bertz CT molecular complexity index is 142. The Balaban J connectivity index is 2.96. The smallest absolute Gasteiger partial charge is 0.185 e. The second-order valence-electron chi connectivity index (χ2n) is 3.38. The number of guanidine groups is 1. The molecule has 0 aromatic rings. The molecular formula is C9H23N5. The Hall–Kier alpha value is -0.810. The van der Waals surface area contributed by atoms with Gasteiger partial charge in [-0.2, -0.15) is 0 Å².